The van der Waals surface area contributed by atoms with Gasteiger partial charge < -0.3 is 14.4 Å². The zero-order chi connectivity index (χ0) is 17.0. The first-order chi connectivity index (χ1) is 11.0. The van der Waals surface area contributed by atoms with Gasteiger partial charge in [0, 0.05) is 12.6 Å². The maximum atomic E-state index is 12.0. The average Bonchev–Trinajstić information content (AvgIpc) is 2.55. The molecular weight excluding hydrogens is 292 g/mol. The number of hydrogen-bond donors (Lipinski definition) is 0. The van der Waals surface area contributed by atoms with Crippen LogP contribution in [0.15, 0.2) is 12.3 Å². The van der Waals surface area contributed by atoms with Gasteiger partial charge in [0.15, 0.2) is 0 Å². The molecule has 5 heteroatoms. The molecule has 0 spiro atoms. The van der Waals surface area contributed by atoms with Gasteiger partial charge in [-0.05, 0) is 50.7 Å². The van der Waals surface area contributed by atoms with Crippen molar-refractivity contribution in [3.8, 4) is 0 Å². The van der Waals surface area contributed by atoms with Crippen molar-refractivity contribution in [3.05, 3.63) is 23.5 Å². The van der Waals surface area contributed by atoms with Gasteiger partial charge in [-0.2, -0.15) is 0 Å². The number of ether oxygens (including phenoxy) is 2. The van der Waals surface area contributed by atoms with Gasteiger partial charge in [0.05, 0.1) is 18.5 Å². The number of anilines is 1. The molecule has 128 valence electrons. The fraction of sp³-hybridized carbons (Fsp3) is 0.667. The molecule has 0 radical (unpaired) electrons. The normalized spacial score (nSPS) is 23.5. The van der Waals surface area contributed by atoms with Crippen LogP contribution in [0.3, 0.4) is 0 Å². The van der Waals surface area contributed by atoms with Gasteiger partial charge in [0.25, 0.3) is 0 Å². The van der Waals surface area contributed by atoms with Crippen LogP contribution >= 0.6 is 0 Å². The van der Waals surface area contributed by atoms with E-state index in [2.05, 4.69) is 30.7 Å². The summed E-state index contributed by atoms with van der Waals surface area (Å²) in [4.78, 5) is 18.6. The zero-order valence-corrected chi connectivity index (χ0v) is 14.8. The molecule has 0 fully saturated rings. The molecule has 23 heavy (non-hydrogen) atoms. The Balaban J connectivity index is 2.43. The van der Waals surface area contributed by atoms with E-state index in [1.807, 2.05) is 13.0 Å². The number of nitrogens with zero attached hydrogens (tertiary/aromatic N) is 2. The summed E-state index contributed by atoms with van der Waals surface area (Å²) in [7, 11) is 0. The van der Waals surface area contributed by atoms with Gasteiger partial charge in [-0.15, -0.1) is 0 Å². The first kappa shape index (κ1) is 17.7. The maximum absolute atomic E-state index is 12.0. The number of esters is 1. The fourth-order valence-electron chi connectivity index (χ4n) is 3.41. The standard InChI is InChI=1S/C18H28N2O3/c1-6-14-12(4)13(5)20(11-22-7-2)17-10-19-16(9-15(14)17)18(21)23-8-3/h9-10,12-14H,6-8,11H2,1-5H3. The van der Waals surface area contributed by atoms with Crippen LogP contribution in [0, 0.1) is 5.92 Å². The number of carbonyl (C=O) groups excluding carboxylic acids is 1. The molecule has 2 rings (SSSR count). The van der Waals surface area contributed by atoms with Crippen molar-refractivity contribution < 1.29 is 14.3 Å². The molecule has 1 aliphatic heterocycles. The molecule has 0 saturated heterocycles. The van der Waals surface area contributed by atoms with Crippen molar-refractivity contribution in [2.45, 2.75) is 53.0 Å². The Morgan fingerprint density at radius 3 is 2.61 bits per heavy atom. The molecule has 0 amide bonds. The van der Waals surface area contributed by atoms with Crippen molar-refractivity contribution in [1.82, 2.24) is 4.98 Å². The first-order valence-corrected chi connectivity index (χ1v) is 8.56. The highest BCUT2D eigenvalue weighted by Gasteiger charge is 2.36. The van der Waals surface area contributed by atoms with E-state index in [1.165, 1.54) is 5.56 Å². The second kappa shape index (κ2) is 7.77. The SMILES string of the molecule is CCOCN1c2cnc(C(=O)OCC)cc2C(CC)C(C)C1C. The van der Waals surface area contributed by atoms with Gasteiger partial charge in [-0.1, -0.05) is 13.8 Å². The van der Waals surface area contributed by atoms with E-state index < -0.39 is 0 Å². The van der Waals surface area contributed by atoms with Crippen LogP contribution in [-0.2, 0) is 9.47 Å². The lowest BCUT2D eigenvalue weighted by atomic mass is 9.77. The summed E-state index contributed by atoms with van der Waals surface area (Å²) in [5.74, 6) is 0.534. The molecule has 3 atom stereocenters. The number of pyridine rings is 1. The molecular formula is C18H28N2O3. The summed E-state index contributed by atoms with van der Waals surface area (Å²) in [6.07, 6.45) is 2.83. The first-order valence-electron chi connectivity index (χ1n) is 8.56. The fourth-order valence-corrected chi connectivity index (χ4v) is 3.41. The second-order valence-electron chi connectivity index (χ2n) is 6.05. The molecule has 1 aromatic rings. The predicted octanol–water partition coefficient (Wildman–Crippen LogP) is 3.59. The summed E-state index contributed by atoms with van der Waals surface area (Å²) in [6, 6.07) is 2.28. The van der Waals surface area contributed by atoms with Gasteiger partial charge in [0.2, 0.25) is 0 Å². The highest BCUT2D eigenvalue weighted by molar-refractivity contribution is 5.88. The third kappa shape index (κ3) is 3.50. The minimum Gasteiger partial charge on any atom is -0.461 e. The Morgan fingerprint density at radius 1 is 1.26 bits per heavy atom. The van der Waals surface area contributed by atoms with Gasteiger partial charge in [-0.25, -0.2) is 9.78 Å². The number of hydrogen-bond acceptors (Lipinski definition) is 5. The highest BCUT2D eigenvalue weighted by Crippen LogP contribution is 2.43. The summed E-state index contributed by atoms with van der Waals surface area (Å²) in [6.45, 7) is 12.1. The minimum atomic E-state index is -0.354. The quantitative estimate of drug-likeness (QED) is 0.750. The van der Waals surface area contributed by atoms with Gasteiger partial charge >= 0.3 is 5.97 Å². The van der Waals surface area contributed by atoms with E-state index in [0.29, 0.717) is 43.5 Å². The molecule has 1 aromatic heterocycles. The third-order valence-electron chi connectivity index (χ3n) is 4.87. The van der Waals surface area contributed by atoms with Crippen LogP contribution in [0.4, 0.5) is 5.69 Å². The Bertz CT molecular complexity index is 547. The van der Waals surface area contributed by atoms with Crippen molar-refractivity contribution in [2.24, 2.45) is 5.92 Å². The topological polar surface area (TPSA) is 51.7 Å². The van der Waals surface area contributed by atoms with Crippen molar-refractivity contribution in [1.29, 1.82) is 0 Å². The Labute approximate surface area is 139 Å². The van der Waals surface area contributed by atoms with Crippen LogP contribution in [0.25, 0.3) is 0 Å². The average molecular weight is 320 g/mol. The number of fused-ring (bicyclic) bond motifs is 1. The smallest absolute Gasteiger partial charge is 0.356 e. The molecule has 0 aliphatic carbocycles. The van der Waals surface area contributed by atoms with Gasteiger partial charge in [0.1, 0.15) is 12.4 Å². The van der Waals surface area contributed by atoms with E-state index in [1.54, 1.807) is 13.1 Å². The lowest BCUT2D eigenvalue weighted by Gasteiger charge is -2.44. The molecule has 5 nitrogen and oxygen atoms in total. The highest BCUT2D eigenvalue weighted by atomic mass is 16.5. The minimum absolute atomic E-state index is 0.354. The molecule has 0 bridgehead atoms. The second-order valence-corrected chi connectivity index (χ2v) is 6.05. The largest absolute Gasteiger partial charge is 0.461 e. The summed E-state index contributed by atoms with van der Waals surface area (Å²) >= 11 is 0. The molecule has 3 unspecified atom stereocenters. The van der Waals surface area contributed by atoms with E-state index in [-0.39, 0.29) is 5.97 Å². The van der Waals surface area contributed by atoms with Crippen LogP contribution in [0.5, 0.6) is 0 Å². The molecule has 0 saturated carbocycles. The Hall–Kier alpha value is -1.62. The molecule has 0 N–H and O–H groups in total. The summed E-state index contributed by atoms with van der Waals surface area (Å²) in [5.41, 5.74) is 2.64. The van der Waals surface area contributed by atoms with Crippen molar-refractivity contribution in [3.63, 3.8) is 0 Å². The lowest BCUT2D eigenvalue weighted by Crippen LogP contribution is -2.45. The van der Waals surface area contributed by atoms with Crippen LogP contribution in [-0.4, -0.2) is 36.9 Å². The third-order valence-corrected chi connectivity index (χ3v) is 4.87. The lowest BCUT2D eigenvalue weighted by molar-refractivity contribution is 0.0519. The van der Waals surface area contributed by atoms with E-state index in [4.69, 9.17) is 9.47 Å². The van der Waals surface area contributed by atoms with E-state index in [0.717, 1.165) is 12.1 Å². The van der Waals surface area contributed by atoms with Crippen LogP contribution in [0.1, 0.15) is 63.0 Å². The summed E-state index contributed by atoms with van der Waals surface area (Å²) in [5, 5.41) is 0. The molecule has 1 aliphatic rings. The number of aromatic nitrogens is 1. The van der Waals surface area contributed by atoms with Gasteiger partial charge in [-0.3, -0.25) is 0 Å². The zero-order valence-electron chi connectivity index (χ0n) is 14.8. The Kier molecular flexibility index (Phi) is 5.99. The molecule has 2 heterocycles. The predicted molar refractivity (Wildman–Crippen MR) is 90.8 cm³/mol. The van der Waals surface area contributed by atoms with Crippen molar-refractivity contribution >= 4 is 11.7 Å². The number of rotatable bonds is 6. The van der Waals surface area contributed by atoms with Crippen LogP contribution < -0.4 is 4.90 Å². The summed E-state index contributed by atoms with van der Waals surface area (Å²) < 4.78 is 10.7. The van der Waals surface area contributed by atoms with E-state index >= 15 is 0 Å². The van der Waals surface area contributed by atoms with Crippen molar-refractivity contribution in [2.75, 3.05) is 24.8 Å². The molecule has 0 aromatic carbocycles. The van der Waals surface area contributed by atoms with Crippen LogP contribution in [0.2, 0.25) is 0 Å². The number of carbonyl (C=O) groups is 1. The monoisotopic (exact) mass is 320 g/mol. The maximum Gasteiger partial charge on any atom is 0.356 e. The van der Waals surface area contributed by atoms with E-state index in [9.17, 15) is 4.79 Å². The Morgan fingerprint density at radius 2 is 2.00 bits per heavy atom.